The average Bonchev–Trinajstić information content (AvgIpc) is 2.58. The first-order valence-corrected chi connectivity index (χ1v) is 8.32. The standard InChI is InChI=1S/C19H18ClF2NO3/c1-11(2)18(12-3-5-13(20)6-4-12)19(25)26-10-17(24)23-16-9-14(21)7-8-15(16)22/h3-9,11,18H,10H2,1-2H3,(H,23,24). The fraction of sp³-hybridized carbons (Fsp3) is 0.263. The largest absolute Gasteiger partial charge is 0.455 e. The highest BCUT2D eigenvalue weighted by atomic mass is 35.5. The maximum absolute atomic E-state index is 13.5. The van der Waals surface area contributed by atoms with Gasteiger partial charge in [-0.1, -0.05) is 37.6 Å². The van der Waals surface area contributed by atoms with Gasteiger partial charge in [0.15, 0.2) is 6.61 Å². The summed E-state index contributed by atoms with van der Waals surface area (Å²) in [6.45, 7) is 3.09. The molecule has 1 N–H and O–H groups in total. The number of hydrogen-bond donors (Lipinski definition) is 1. The van der Waals surface area contributed by atoms with Crippen LogP contribution < -0.4 is 5.32 Å². The van der Waals surface area contributed by atoms with E-state index >= 15 is 0 Å². The minimum Gasteiger partial charge on any atom is -0.455 e. The molecule has 0 fully saturated rings. The maximum Gasteiger partial charge on any atom is 0.314 e. The monoisotopic (exact) mass is 381 g/mol. The lowest BCUT2D eigenvalue weighted by Crippen LogP contribution is -2.26. The first-order valence-electron chi connectivity index (χ1n) is 7.95. The van der Waals surface area contributed by atoms with Crippen LogP contribution in [0.15, 0.2) is 42.5 Å². The van der Waals surface area contributed by atoms with Crippen molar-refractivity contribution in [3.05, 3.63) is 64.7 Å². The molecule has 0 heterocycles. The second-order valence-corrected chi connectivity index (χ2v) is 6.49. The highest BCUT2D eigenvalue weighted by Gasteiger charge is 2.26. The molecule has 138 valence electrons. The third-order valence-electron chi connectivity index (χ3n) is 3.70. The van der Waals surface area contributed by atoms with Gasteiger partial charge in [0, 0.05) is 11.1 Å². The van der Waals surface area contributed by atoms with Crippen molar-refractivity contribution in [2.75, 3.05) is 11.9 Å². The smallest absolute Gasteiger partial charge is 0.314 e. The molecule has 1 unspecified atom stereocenters. The molecule has 0 aliphatic heterocycles. The number of halogens is 3. The number of benzene rings is 2. The maximum atomic E-state index is 13.5. The van der Waals surface area contributed by atoms with Crippen molar-refractivity contribution in [1.82, 2.24) is 0 Å². The van der Waals surface area contributed by atoms with E-state index < -0.39 is 36.0 Å². The number of anilines is 1. The second-order valence-electron chi connectivity index (χ2n) is 6.05. The van der Waals surface area contributed by atoms with E-state index in [0.29, 0.717) is 10.6 Å². The summed E-state index contributed by atoms with van der Waals surface area (Å²) in [6, 6.07) is 9.45. The van der Waals surface area contributed by atoms with E-state index in [1.807, 2.05) is 13.8 Å². The Balaban J connectivity index is 2.00. The van der Waals surface area contributed by atoms with Crippen LogP contribution in [0.25, 0.3) is 0 Å². The van der Waals surface area contributed by atoms with Crippen LogP contribution >= 0.6 is 11.6 Å². The molecule has 0 spiro atoms. The predicted molar refractivity (Wildman–Crippen MR) is 95.0 cm³/mol. The minimum absolute atomic E-state index is 0.0765. The lowest BCUT2D eigenvalue weighted by atomic mass is 9.88. The first kappa shape index (κ1) is 19.8. The third kappa shape index (κ3) is 5.26. The lowest BCUT2D eigenvalue weighted by Gasteiger charge is -2.20. The molecule has 2 aromatic rings. The molecular weight excluding hydrogens is 364 g/mol. The van der Waals surface area contributed by atoms with E-state index in [-0.39, 0.29) is 11.6 Å². The molecule has 0 aromatic heterocycles. The Bertz CT molecular complexity index is 794. The molecular formula is C19H18ClF2NO3. The van der Waals surface area contributed by atoms with E-state index in [2.05, 4.69) is 5.32 Å². The number of nitrogens with one attached hydrogen (secondary N) is 1. The van der Waals surface area contributed by atoms with Crippen molar-refractivity contribution < 1.29 is 23.1 Å². The molecule has 0 aliphatic carbocycles. The summed E-state index contributed by atoms with van der Waals surface area (Å²) in [5, 5.41) is 2.72. The molecule has 7 heteroatoms. The Morgan fingerprint density at radius 1 is 1.12 bits per heavy atom. The third-order valence-corrected chi connectivity index (χ3v) is 3.95. The zero-order chi connectivity index (χ0) is 19.3. The molecule has 4 nitrogen and oxygen atoms in total. The van der Waals surface area contributed by atoms with Gasteiger partial charge in [0.1, 0.15) is 11.6 Å². The summed E-state index contributed by atoms with van der Waals surface area (Å²) < 4.78 is 31.7. The number of hydrogen-bond acceptors (Lipinski definition) is 3. The Labute approximate surface area is 155 Å². The lowest BCUT2D eigenvalue weighted by molar-refractivity contribution is -0.149. The second kappa shape index (κ2) is 8.76. The van der Waals surface area contributed by atoms with Gasteiger partial charge in [0.05, 0.1) is 11.6 Å². The van der Waals surface area contributed by atoms with Gasteiger partial charge in [0.2, 0.25) is 0 Å². The van der Waals surface area contributed by atoms with Gasteiger partial charge >= 0.3 is 5.97 Å². The highest BCUT2D eigenvalue weighted by molar-refractivity contribution is 6.30. The molecule has 2 rings (SSSR count). The highest BCUT2D eigenvalue weighted by Crippen LogP contribution is 2.27. The molecule has 0 saturated heterocycles. The molecule has 0 aliphatic rings. The zero-order valence-electron chi connectivity index (χ0n) is 14.3. The number of esters is 1. The van der Waals surface area contributed by atoms with E-state index in [0.717, 1.165) is 18.2 Å². The van der Waals surface area contributed by atoms with E-state index in [1.165, 1.54) is 0 Å². The number of carbonyl (C=O) groups excluding carboxylic acids is 2. The normalized spacial score (nSPS) is 11.9. The molecule has 0 saturated carbocycles. The van der Waals surface area contributed by atoms with Gasteiger partial charge in [0.25, 0.3) is 5.91 Å². The number of rotatable bonds is 6. The minimum atomic E-state index is -0.785. The van der Waals surface area contributed by atoms with Crippen LogP contribution in [-0.2, 0) is 14.3 Å². The van der Waals surface area contributed by atoms with Crippen LogP contribution in [0.4, 0.5) is 14.5 Å². The van der Waals surface area contributed by atoms with Crippen molar-refractivity contribution in [2.45, 2.75) is 19.8 Å². The van der Waals surface area contributed by atoms with Crippen LogP contribution in [0.2, 0.25) is 5.02 Å². The number of amides is 1. The number of carbonyl (C=O) groups is 2. The summed E-state index contributed by atoms with van der Waals surface area (Å²) in [4.78, 5) is 24.2. The summed E-state index contributed by atoms with van der Waals surface area (Å²) >= 11 is 5.85. The van der Waals surface area contributed by atoms with Crippen LogP contribution in [0.1, 0.15) is 25.3 Å². The van der Waals surface area contributed by atoms with Crippen molar-refractivity contribution in [2.24, 2.45) is 5.92 Å². The topological polar surface area (TPSA) is 55.4 Å². The van der Waals surface area contributed by atoms with Crippen LogP contribution in [0.3, 0.4) is 0 Å². The van der Waals surface area contributed by atoms with Gasteiger partial charge in [-0.15, -0.1) is 0 Å². The van der Waals surface area contributed by atoms with Crippen LogP contribution in [0.5, 0.6) is 0 Å². The van der Waals surface area contributed by atoms with E-state index in [4.69, 9.17) is 16.3 Å². The van der Waals surface area contributed by atoms with Gasteiger partial charge < -0.3 is 10.1 Å². The molecule has 2 aromatic carbocycles. The molecule has 1 amide bonds. The summed E-state index contributed by atoms with van der Waals surface area (Å²) in [5.41, 5.74) is 0.398. The van der Waals surface area contributed by atoms with Crippen LogP contribution in [-0.4, -0.2) is 18.5 Å². The molecule has 0 bridgehead atoms. The SMILES string of the molecule is CC(C)C(C(=O)OCC(=O)Nc1cc(F)ccc1F)c1ccc(Cl)cc1. The van der Waals surface area contributed by atoms with Gasteiger partial charge in [-0.05, 0) is 35.7 Å². The van der Waals surface area contributed by atoms with E-state index in [9.17, 15) is 18.4 Å². The van der Waals surface area contributed by atoms with E-state index in [1.54, 1.807) is 24.3 Å². The van der Waals surface area contributed by atoms with Gasteiger partial charge in [-0.25, -0.2) is 8.78 Å². The van der Waals surface area contributed by atoms with Crippen molar-refractivity contribution in [3.63, 3.8) is 0 Å². The van der Waals surface area contributed by atoms with Gasteiger partial charge in [-0.2, -0.15) is 0 Å². The van der Waals surface area contributed by atoms with Crippen LogP contribution in [0, 0.1) is 17.6 Å². The fourth-order valence-corrected chi connectivity index (χ4v) is 2.60. The predicted octanol–water partition coefficient (Wildman–Crippen LogP) is 4.54. The average molecular weight is 382 g/mol. The Kier molecular flexibility index (Phi) is 6.69. The van der Waals surface area contributed by atoms with Crippen molar-refractivity contribution >= 4 is 29.2 Å². The number of ether oxygens (including phenoxy) is 1. The molecule has 1 atom stereocenters. The Morgan fingerprint density at radius 3 is 2.38 bits per heavy atom. The molecule has 0 radical (unpaired) electrons. The zero-order valence-corrected chi connectivity index (χ0v) is 15.0. The van der Waals surface area contributed by atoms with Crippen molar-refractivity contribution in [3.8, 4) is 0 Å². The van der Waals surface area contributed by atoms with Gasteiger partial charge in [-0.3, -0.25) is 9.59 Å². The summed E-state index contributed by atoms with van der Waals surface area (Å²) in [6.07, 6.45) is 0. The Morgan fingerprint density at radius 2 is 1.77 bits per heavy atom. The summed E-state index contributed by atoms with van der Waals surface area (Å²) in [7, 11) is 0. The quantitative estimate of drug-likeness (QED) is 0.747. The Hall–Kier alpha value is -2.47. The van der Waals surface area contributed by atoms with Crippen molar-refractivity contribution in [1.29, 1.82) is 0 Å². The molecule has 26 heavy (non-hydrogen) atoms. The first-order chi connectivity index (χ1) is 12.3. The fourth-order valence-electron chi connectivity index (χ4n) is 2.47. The summed E-state index contributed by atoms with van der Waals surface area (Å²) in [5.74, 6) is -3.48.